The SMILES string of the molecule is COC(=O)c1n[nH]c2cc(Cl)c(OC)cc12. The fraction of sp³-hybridized carbons (Fsp3) is 0.200. The van der Waals surface area contributed by atoms with E-state index >= 15 is 0 Å². The number of aromatic nitrogens is 2. The molecule has 2 rings (SSSR count). The molecule has 1 N–H and O–H groups in total. The van der Waals surface area contributed by atoms with Crippen molar-refractivity contribution >= 4 is 28.5 Å². The number of fused-ring (bicyclic) bond motifs is 1. The zero-order chi connectivity index (χ0) is 11.7. The van der Waals surface area contributed by atoms with Gasteiger partial charge < -0.3 is 9.47 Å². The topological polar surface area (TPSA) is 64.2 Å². The van der Waals surface area contributed by atoms with Gasteiger partial charge in [-0.15, -0.1) is 0 Å². The molecule has 0 aliphatic rings. The van der Waals surface area contributed by atoms with Crippen molar-refractivity contribution in [3.8, 4) is 5.75 Å². The quantitative estimate of drug-likeness (QED) is 0.816. The highest BCUT2D eigenvalue weighted by molar-refractivity contribution is 6.33. The Morgan fingerprint density at radius 1 is 1.44 bits per heavy atom. The maximum Gasteiger partial charge on any atom is 0.359 e. The molecule has 0 saturated carbocycles. The lowest BCUT2D eigenvalue weighted by Crippen LogP contribution is -2.02. The molecule has 2 aromatic rings. The highest BCUT2D eigenvalue weighted by atomic mass is 35.5. The van der Waals surface area contributed by atoms with E-state index in [4.69, 9.17) is 16.3 Å². The predicted octanol–water partition coefficient (Wildman–Crippen LogP) is 2.01. The van der Waals surface area contributed by atoms with Gasteiger partial charge in [-0.1, -0.05) is 11.6 Å². The molecule has 0 fully saturated rings. The minimum atomic E-state index is -0.504. The number of aromatic amines is 1. The molecule has 1 heterocycles. The molecule has 84 valence electrons. The predicted molar refractivity (Wildman–Crippen MR) is 59.0 cm³/mol. The molecule has 1 aromatic carbocycles. The molecule has 0 atom stereocenters. The molecular weight excluding hydrogens is 232 g/mol. The molecule has 0 unspecified atom stereocenters. The van der Waals surface area contributed by atoms with Crippen molar-refractivity contribution in [1.82, 2.24) is 10.2 Å². The first-order valence-corrected chi connectivity index (χ1v) is 4.85. The molecule has 16 heavy (non-hydrogen) atoms. The number of nitrogens with zero attached hydrogens (tertiary/aromatic N) is 1. The average molecular weight is 241 g/mol. The smallest absolute Gasteiger partial charge is 0.359 e. The second-order valence-electron chi connectivity index (χ2n) is 3.10. The van der Waals surface area contributed by atoms with Crippen LogP contribution >= 0.6 is 11.6 Å². The van der Waals surface area contributed by atoms with Gasteiger partial charge in [-0.25, -0.2) is 4.79 Å². The summed E-state index contributed by atoms with van der Waals surface area (Å²) in [7, 11) is 2.81. The van der Waals surface area contributed by atoms with Crippen LogP contribution in [0.5, 0.6) is 5.75 Å². The Bertz CT molecular complexity index is 550. The second kappa shape index (κ2) is 4.02. The average Bonchev–Trinajstić information content (AvgIpc) is 2.69. The molecule has 0 bridgehead atoms. The highest BCUT2D eigenvalue weighted by Gasteiger charge is 2.16. The number of carbonyl (C=O) groups excluding carboxylic acids is 1. The van der Waals surface area contributed by atoms with Gasteiger partial charge >= 0.3 is 5.97 Å². The van der Waals surface area contributed by atoms with Crippen molar-refractivity contribution in [3.63, 3.8) is 0 Å². The Balaban J connectivity index is 2.66. The minimum Gasteiger partial charge on any atom is -0.495 e. The molecule has 1 aromatic heterocycles. The summed E-state index contributed by atoms with van der Waals surface area (Å²) in [5, 5.41) is 7.65. The molecule has 0 radical (unpaired) electrons. The first kappa shape index (κ1) is 10.8. The van der Waals surface area contributed by atoms with E-state index in [1.165, 1.54) is 14.2 Å². The number of halogens is 1. The number of methoxy groups -OCH3 is 2. The monoisotopic (exact) mass is 240 g/mol. The van der Waals surface area contributed by atoms with Gasteiger partial charge in [0, 0.05) is 5.39 Å². The van der Waals surface area contributed by atoms with Gasteiger partial charge in [0.25, 0.3) is 0 Å². The number of nitrogens with one attached hydrogen (secondary N) is 1. The van der Waals surface area contributed by atoms with Crippen molar-refractivity contribution in [1.29, 1.82) is 0 Å². The van der Waals surface area contributed by atoms with Crippen molar-refractivity contribution < 1.29 is 14.3 Å². The third-order valence-corrected chi connectivity index (χ3v) is 2.51. The molecule has 6 heteroatoms. The molecule has 0 aliphatic heterocycles. The number of hydrogen-bond acceptors (Lipinski definition) is 4. The van der Waals surface area contributed by atoms with E-state index in [1.807, 2.05) is 0 Å². The molecule has 5 nitrogen and oxygen atoms in total. The Kier molecular flexibility index (Phi) is 2.70. The van der Waals surface area contributed by atoms with Gasteiger partial charge in [-0.2, -0.15) is 5.10 Å². The first-order chi connectivity index (χ1) is 7.67. The minimum absolute atomic E-state index is 0.215. The maximum absolute atomic E-state index is 11.4. The van der Waals surface area contributed by atoms with Gasteiger partial charge in [0.1, 0.15) is 5.75 Å². The van der Waals surface area contributed by atoms with Crippen LogP contribution < -0.4 is 4.74 Å². The normalized spacial score (nSPS) is 10.4. The van der Waals surface area contributed by atoms with Crippen LogP contribution in [0.25, 0.3) is 10.9 Å². The van der Waals surface area contributed by atoms with Crippen LogP contribution in [0.3, 0.4) is 0 Å². The molecule has 0 saturated heterocycles. The van der Waals surface area contributed by atoms with E-state index in [0.717, 1.165) is 0 Å². The van der Waals surface area contributed by atoms with Crippen molar-refractivity contribution in [2.24, 2.45) is 0 Å². The fourth-order valence-corrected chi connectivity index (χ4v) is 1.67. The summed E-state index contributed by atoms with van der Waals surface area (Å²) < 4.78 is 9.68. The number of rotatable bonds is 2. The van der Waals surface area contributed by atoms with E-state index in [-0.39, 0.29) is 5.69 Å². The van der Waals surface area contributed by atoms with Crippen LogP contribution in [0.15, 0.2) is 12.1 Å². The second-order valence-corrected chi connectivity index (χ2v) is 3.50. The van der Waals surface area contributed by atoms with Crippen molar-refractivity contribution in [2.75, 3.05) is 14.2 Å². The largest absolute Gasteiger partial charge is 0.495 e. The summed E-state index contributed by atoms with van der Waals surface area (Å²) in [5.74, 6) is -0.0173. The van der Waals surface area contributed by atoms with Crippen molar-refractivity contribution in [3.05, 3.63) is 22.8 Å². The summed E-state index contributed by atoms with van der Waals surface area (Å²) in [5.41, 5.74) is 0.874. The van der Waals surface area contributed by atoms with Gasteiger partial charge in [0.2, 0.25) is 0 Å². The van der Waals surface area contributed by atoms with Crippen LogP contribution in [0.1, 0.15) is 10.5 Å². The summed E-state index contributed by atoms with van der Waals surface area (Å²) in [4.78, 5) is 11.4. The lowest BCUT2D eigenvalue weighted by molar-refractivity contribution is 0.0596. The van der Waals surface area contributed by atoms with E-state index in [9.17, 15) is 4.79 Å². The third-order valence-electron chi connectivity index (χ3n) is 2.21. The zero-order valence-corrected chi connectivity index (χ0v) is 9.46. The Morgan fingerprint density at radius 2 is 2.19 bits per heavy atom. The molecular formula is C10H9ClN2O3. The van der Waals surface area contributed by atoms with Crippen LogP contribution in [-0.2, 0) is 4.74 Å². The van der Waals surface area contributed by atoms with Crippen LogP contribution in [0, 0.1) is 0 Å². The summed E-state index contributed by atoms with van der Waals surface area (Å²) >= 11 is 5.94. The Labute approximate surface area is 96.3 Å². The van der Waals surface area contributed by atoms with Crippen LogP contribution in [0.4, 0.5) is 0 Å². The Hall–Kier alpha value is -1.75. The first-order valence-electron chi connectivity index (χ1n) is 4.47. The number of carbonyl (C=O) groups is 1. The van der Waals surface area contributed by atoms with Gasteiger partial charge in [-0.05, 0) is 12.1 Å². The number of hydrogen-bond donors (Lipinski definition) is 1. The standard InChI is InChI=1S/C10H9ClN2O3/c1-15-8-3-5-7(4-6(8)11)12-13-9(5)10(14)16-2/h3-4H,1-2H3,(H,12,13). The number of benzene rings is 1. The van der Waals surface area contributed by atoms with Gasteiger partial charge in [-0.3, -0.25) is 5.10 Å². The van der Waals surface area contributed by atoms with E-state index in [1.54, 1.807) is 12.1 Å². The highest BCUT2D eigenvalue weighted by Crippen LogP contribution is 2.30. The molecule has 0 spiro atoms. The van der Waals surface area contributed by atoms with Gasteiger partial charge in [0.05, 0.1) is 24.8 Å². The van der Waals surface area contributed by atoms with E-state index < -0.39 is 5.97 Å². The van der Waals surface area contributed by atoms with Gasteiger partial charge in [0.15, 0.2) is 5.69 Å². The lowest BCUT2D eigenvalue weighted by atomic mass is 10.2. The summed E-state index contributed by atoms with van der Waals surface area (Å²) in [6.07, 6.45) is 0. The molecule has 0 aliphatic carbocycles. The third kappa shape index (κ3) is 1.59. The molecule has 0 amide bonds. The van der Waals surface area contributed by atoms with E-state index in [2.05, 4.69) is 14.9 Å². The number of H-pyrrole nitrogens is 1. The van der Waals surface area contributed by atoms with E-state index in [0.29, 0.717) is 21.7 Å². The maximum atomic E-state index is 11.4. The lowest BCUT2D eigenvalue weighted by Gasteiger charge is -2.02. The van der Waals surface area contributed by atoms with Crippen LogP contribution in [-0.4, -0.2) is 30.4 Å². The van der Waals surface area contributed by atoms with Crippen molar-refractivity contribution in [2.45, 2.75) is 0 Å². The number of ether oxygens (including phenoxy) is 2. The van der Waals surface area contributed by atoms with Crippen LogP contribution in [0.2, 0.25) is 5.02 Å². The fourth-order valence-electron chi connectivity index (χ4n) is 1.43. The zero-order valence-electron chi connectivity index (χ0n) is 8.70. The Morgan fingerprint density at radius 3 is 2.81 bits per heavy atom. The number of esters is 1. The summed E-state index contributed by atoms with van der Waals surface area (Å²) in [6, 6.07) is 3.29. The summed E-state index contributed by atoms with van der Waals surface area (Å²) in [6.45, 7) is 0.